The first-order valence-corrected chi connectivity index (χ1v) is 9.67. The van der Waals surface area contributed by atoms with Crippen LogP contribution in [0.2, 0.25) is 0 Å². The topological polar surface area (TPSA) is 118 Å². The lowest BCUT2D eigenvalue weighted by Gasteiger charge is -2.10. The van der Waals surface area contributed by atoms with Gasteiger partial charge < -0.3 is 25.0 Å². The van der Waals surface area contributed by atoms with Gasteiger partial charge in [-0.25, -0.2) is 9.78 Å². The molecule has 4 N–H and O–H groups in total. The van der Waals surface area contributed by atoms with Crippen LogP contribution in [0.3, 0.4) is 0 Å². The summed E-state index contributed by atoms with van der Waals surface area (Å²) in [6.45, 7) is 0.0967. The molecule has 1 heterocycles. The summed E-state index contributed by atoms with van der Waals surface area (Å²) in [6.07, 6.45) is -3.34. The van der Waals surface area contributed by atoms with Gasteiger partial charge in [-0.1, -0.05) is 30.3 Å². The lowest BCUT2D eigenvalue weighted by atomic mass is 10.2. The predicted octanol–water partition coefficient (Wildman–Crippen LogP) is 3.20. The van der Waals surface area contributed by atoms with Gasteiger partial charge in [-0.2, -0.15) is 0 Å². The predicted molar refractivity (Wildman–Crippen MR) is 113 cm³/mol. The van der Waals surface area contributed by atoms with Crippen molar-refractivity contribution in [1.82, 2.24) is 14.9 Å². The summed E-state index contributed by atoms with van der Waals surface area (Å²) in [4.78, 5) is 28.9. The number of amides is 3. The van der Waals surface area contributed by atoms with E-state index in [2.05, 4.69) is 25.7 Å². The Morgan fingerprint density at radius 1 is 1.03 bits per heavy atom. The fraction of sp³-hybridized carbons (Fsp3) is 0.190. The standard InChI is InChI=1S/C21H20F3N5O4/c22-21(23,24)33-16-8-6-15(7-9-16)26-20(32)28-17-13-29(12-14-4-2-1-3-5-14)18(27-17)19(31)25-10-11-30/h1-9,13,30H,10-12H2,(H,25,31)(H2,26,28,32). The molecule has 0 aliphatic carbocycles. The third-order valence-corrected chi connectivity index (χ3v) is 4.16. The van der Waals surface area contributed by atoms with Gasteiger partial charge in [-0.3, -0.25) is 10.1 Å². The molecule has 0 unspecified atom stereocenters. The number of urea groups is 1. The van der Waals surface area contributed by atoms with E-state index in [-0.39, 0.29) is 30.5 Å². The second-order valence-electron chi connectivity index (χ2n) is 6.69. The zero-order valence-corrected chi connectivity index (χ0v) is 17.1. The Balaban J connectivity index is 1.70. The van der Waals surface area contributed by atoms with E-state index in [4.69, 9.17) is 5.11 Å². The number of aliphatic hydroxyl groups excluding tert-OH is 1. The maximum Gasteiger partial charge on any atom is 0.573 e. The van der Waals surface area contributed by atoms with Crippen LogP contribution in [0.4, 0.5) is 29.5 Å². The number of imidazole rings is 1. The average Bonchev–Trinajstić information content (AvgIpc) is 3.15. The number of nitrogens with zero attached hydrogens (tertiary/aromatic N) is 2. The summed E-state index contributed by atoms with van der Waals surface area (Å²) < 4.78 is 42.0. The molecule has 174 valence electrons. The molecular formula is C21H20F3N5O4. The number of nitrogens with one attached hydrogen (secondary N) is 3. The van der Waals surface area contributed by atoms with E-state index in [0.29, 0.717) is 6.54 Å². The first-order valence-electron chi connectivity index (χ1n) is 9.67. The number of halogens is 3. The molecule has 2 aromatic carbocycles. The van der Waals surface area contributed by atoms with Crippen molar-refractivity contribution in [2.75, 3.05) is 23.8 Å². The molecule has 0 spiro atoms. The molecule has 0 saturated carbocycles. The monoisotopic (exact) mass is 463 g/mol. The number of rotatable bonds is 8. The molecule has 1 aromatic heterocycles. The van der Waals surface area contributed by atoms with Gasteiger partial charge in [0.15, 0.2) is 5.82 Å². The summed E-state index contributed by atoms with van der Waals surface area (Å²) in [5, 5.41) is 16.4. The fourth-order valence-corrected chi connectivity index (χ4v) is 2.83. The molecule has 3 amide bonds. The highest BCUT2D eigenvalue weighted by Crippen LogP contribution is 2.24. The third kappa shape index (κ3) is 7.25. The van der Waals surface area contributed by atoms with Crippen molar-refractivity contribution in [3.63, 3.8) is 0 Å². The Hall–Kier alpha value is -4.06. The normalized spacial score (nSPS) is 11.0. The van der Waals surface area contributed by atoms with Crippen LogP contribution in [0.15, 0.2) is 60.8 Å². The molecule has 0 aliphatic heterocycles. The Kier molecular flexibility index (Phi) is 7.51. The maximum absolute atomic E-state index is 12.4. The van der Waals surface area contributed by atoms with Gasteiger partial charge >= 0.3 is 12.4 Å². The molecule has 0 fully saturated rings. The molecule has 12 heteroatoms. The van der Waals surface area contributed by atoms with Gasteiger partial charge in [0.05, 0.1) is 6.61 Å². The molecular weight excluding hydrogens is 443 g/mol. The van der Waals surface area contributed by atoms with Gasteiger partial charge in [0.2, 0.25) is 5.82 Å². The molecule has 0 aliphatic rings. The van der Waals surface area contributed by atoms with E-state index >= 15 is 0 Å². The SMILES string of the molecule is O=C(Nc1ccc(OC(F)(F)F)cc1)Nc1cn(Cc2ccccc2)c(C(=O)NCCO)n1. The fourth-order valence-electron chi connectivity index (χ4n) is 2.83. The number of carbonyl (C=O) groups excluding carboxylic acids is 2. The highest BCUT2D eigenvalue weighted by Gasteiger charge is 2.31. The Morgan fingerprint density at radius 2 is 1.73 bits per heavy atom. The van der Waals surface area contributed by atoms with E-state index in [9.17, 15) is 22.8 Å². The van der Waals surface area contributed by atoms with E-state index in [1.54, 1.807) is 4.57 Å². The van der Waals surface area contributed by atoms with Gasteiger partial charge in [-0.15, -0.1) is 13.2 Å². The number of hydrogen-bond acceptors (Lipinski definition) is 5. The van der Waals surface area contributed by atoms with Crippen molar-refractivity contribution < 1.29 is 32.6 Å². The lowest BCUT2D eigenvalue weighted by Crippen LogP contribution is -2.29. The van der Waals surface area contributed by atoms with Gasteiger partial charge in [0, 0.05) is 25.0 Å². The van der Waals surface area contributed by atoms with Crippen LogP contribution in [-0.2, 0) is 6.54 Å². The van der Waals surface area contributed by atoms with Crippen molar-refractivity contribution in [3.05, 3.63) is 72.2 Å². The van der Waals surface area contributed by atoms with Crippen LogP contribution in [0.1, 0.15) is 16.2 Å². The number of alkyl halides is 3. The quantitative estimate of drug-likeness (QED) is 0.409. The molecule has 0 radical (unpaired) electrons. The lowest BCUT2D eigenvalue weighted by molar-refractivity contribution is -0.274. The average molecular weight is 463 g/mol. The van der Waals surface area contributed by atoms with Crippen LogP contribution in [-0.4, -0.2) is 46.1 Å². The summed E-state index contributed by atoms with van der Waals surface area (Å²) in [6, 6.07) is 13.1. The molecule has 0 saturated heterocycles. The second-order valence-corrected chi connectivity index (χ2v) is 6.69. The Labute approximate surface area is 186 Å². The van der Waals surface area contributed by atoms with E-state index in [1.807, 2.05) is 30.3 Å². The van der Waals surface area contributed by atoms with Crippen LogP contribution >= 0.6 is 0 Å². The highest BCUT2D eigenvalue weighted by molar-refractivity contribution is 5.99. The van der Waals surface area contributed by atoms with Crippen molar-refractivity contribution in [3.8, 4) is 5.75 Å². The minimum absolute atomic E-state index is 0.0243. The number of carbonyl (C=O) groups is 2. The first kappa shape index (κ1) is 23.6. The van der Waals surface area contributed by atoms with E-state index in [1.165, 1.54) is 18.3 Å². The minimum atomic E-state index is -4.81. The molecule has 0 atom stereocenters. The molecule has 3 rings (SSSR count). The number of aliphatic hydroxyl groups is 1. The minimum Gasteiger partial charge on any atom is -0.406 e. The van der Waals surface area contributed by atoms with E-state index < -0.39 is 24.1 Å². The molecule has 0 bridgehead atoms. The highest BCUT2D eigenvalue weighted by atomic mass is 19.4. The largest absolute Gasteiger partial charge is 0.573 e. The number of hydrogen-bond donors (Lipinski definition) is 4. The van der Waals surface area contributed by atoms with Gasteiger partial charge in [-0.05, 0) is 29.8 Å². The number of aromatic nitrogens is 2. The van der Waals surface area contributed by atoms with Gasteiger partial charge in [0.25, 0.3) is 5.91 Å². The van der Waals surface area contributed by atoms with Crippen LogP contribution in [0.5, 0.6) is 5.75 Å². The van der Waals surface area contributed by atoms with Crippen LogP contribution in [0, 0.1) is 0 Å². The summed E-state index contributed by atoms with van der Waals surface area (Å²) in [5.74, 6) is -0.855. The summed E-state index contributed by atoms with van der Waals surface area (Å²) >= 11 is 0. The van der Waals surface area contributed by atoms with Gasteiger partial charge in [0.1, 0.15) is 5.75 Å². The number of ether oxygens (including phenoxy) is 1. The molecule has 9 nitrogen and oxygen atoms in total. The third-order valence-electron chi connectivity index (χ3n) is 4.16. The van der Waals surface area contributed by atoms with Crippen molar-refractivity contribution in [1.29, 1.82) is 0 Å². The Bertz CT molecular complexity index is 1090. The zero-order valence-electron chi connectivity index (χ0n) is 17.1. The van der Waals surface area contributed by atoms with Crippen LogP contribution < -0.4 is 20.7 Å². The maximum atomic E-state index is 12.4. The van der Waals surface area contributed by atoms with Crippen molar-refractivity contribution >= 4 is 23.4 Å². The first-order chi connectivity index (χ1) is 15.7. The second kappa shape index (κ2) is 10.5. The molecule has 33 heavy (non-hydrogen) atoms. The zero-order chi connectivity index (χ0) is 23.8. The number of benzene rings is 2. The summed E-state index contributed by atoms with van der Waals surface area (Å²) in [5.41, 5.74) is 1.11. The van der Waals surface area contributed by atoms with Crippen molar-refractivity contribution in [2.45, 2.75) is 12.9 Å². The van der Waals surface area contributed by atoms with Crippen molar-refractivity contribution in [2.24, 2.45) is 0 Å². The molecule has 3 aromatic rings. The Morgan fingerprint density at radius 3 is 2.36 bits per heavy atom. The van der Waals surface area contributed by atoms with E-state index in [0.717, 1.165) is 17.7 Å². The van der Waals surface area contributed by atoms with Crippen LogP contribution in [0.25, 0.3) is 0 Å². The summed E-state index contributed by atoms with van der Waals surface area (Å²) in [7, 11) is 0. The smallest absolute Gasteiger partial charge is 0.406 e. The number of anilines is 2.